The summed E-state index contributed by atoms with van der Waals surface area (Å²) in [6.45, 7) is 21.9. The standard InChI is InChI=1S/C17H39N3/c1-7-17(8-2)20(15-16(5)6)14-12-18-11-13-19(9-3)10-4/h16-18H,7-15H2,1-6H3. The third-order valence-electron chi connectivity index (χ3n) is 4.13. The first-order chi connectivity index (χ1) is 9.58. The highest BCUT2D eigenvalue weighted by Crippen LogP contribution is 2.10. The third kappa shape index (κ3) is 8.93. The average Bonchev–Trinajstić information content (AvgIpc) is 2.43. The zero-order valence-electron chi connectivity index (χ0n) is 14.9. The molecule has 0 spiro atoms. The number of nitrogens with one attached hydrogen (secondary N) is 1. The van der Waals surface area contributed by atoms with Gasteiger partial charge >= 0.3 is 0 Å². The number of hydrogen-bond acceptors (Lipinski definition) is 3. The monoisotopic (exact) mass is 285 g/mol. The van der Waals surface area contributed by atoms with E-state index < -0.39 is 0 Å². The van der Waals surface area contributed by atoms with Crippen molar-refractivity contribution in [3.05, 3.63) is 0 Å². The topological polar surface area (TPSA) is 18.5 Å². The van der Waals surface area contributed by atoms with Crippen LogP contribution in [-0.2, 0) is 0 Å². The highest BCUT2D eigenvalue weighted by molar-refractivity contribution is 4.71. The molecule has 122 valence electrons. The van der Waals surface area contributed by atoms with Crippen molar-refractivity contribution >= 4 is 0 Å². The lowest BCUT2D eigenvalue weighted by Gasteiger charge is -2.32. The Morgan fingerprint density at radius 2 is 1.40 bits per heavy atom. The molecule has 3 nitrogen and oxygen atoms in total. The number of rotatable bonds is 13. The Balaban J connectivity index is 3.95. The van der Waals surface area contributed by atoms with Crippen LogP contribution >= 0.6 is 0 Å². The molecule has 0 saturated carbocycles. The van der Waals surface area contributed by atoms with Gasteiger partial charge in [-0.3, -0.25) is 4.90 Å². The second kappa shape index (κ2) is 12.6. The van der Waals surface area contributed by atoms with Gasteiger partial charge in [-0.1, -0.05) is 41.5 Å². The first-order valence-corrected chi connectivity index (χ1v) is 8.75. The molecule has 0 aliphatic rings. The summed E-state index contributed by atoms with van der Waals surface area (Å²) in [5, 5.41) is 3.61. The Hall–Kier alpha value is -0.120. The normalized spacial score (nSPS) is 12.3. The van der Waals surface area contributed by atoms with Gasteiger partial charge in [0.1, 0.15) is 0 Å². The van der Waals surface area contributed by atoms with Gasteiger partial charge in [-0.05, 0) is 31.8 Å². The molecule has 0 atom stereocenters. The van der Waals surface area contributed by atoms with Crippen molar-refractivity contribution in [2.45, 2.75) is 60.4 Å². The summed E-state index contributed by atoms with van der Waals surface area (Å²) in [4.78, 5) is 5.15. The first-order valence-electron chi connectivity index (χ1n) is 8.75. The van der Waals surface area contributed by atoms with E-state index in [4.69, 9.17) is 0 Å². The first kappa shape index (κ1) is 19.9. The van der Waals surface area contributed by atoms with E-state index in [0.29, 0.717) is 0 Å². The van der Waals surface area contributed by atoms with Crippen LogP contribution in [0, 0.1) is 5.92 Å². The largest absolute Gasteiger partial charge is 0.314 e. The molecule has 0 aromatic rings. The number of likely N-dealkylation sites (N-methyl/N-ethyl adjacent to an activating group) is 1. The Bertz CT molecular complexity index is 198. The van der Waals surface area contributed by atoms with Crippen LogP contribution in [0.1, 0.15) is 54.4 Å². The zero-order chi connectivity index (χ0) is 15.4. The van der Waals surface area contributed by atoms with E-state index in [-0.39, 0.29) is 0 Å². The highest BCUT2D eigenvalue weighted by atomic mass is 15.2. The van der Waals surface area contributed by atoms with Gasteiger partial charge in [0.2, 0.25) is 0 Å². The van der Waals surface area contributed by atoms with Gasteiger partial charge in [0.05, 0.1) is 0 Å². The van der Waals surface area contributed by atoms with Crippen molar-refractivity contribution in [1.82, 2.24) is 15.1 Å². The summed E-state index contributed by atoms with van der Waals surface area (Å²) in [6.07, 6.45) is 2.53. The molecule has 0 aliphatic heterocycles. The molecule has 0 unspecified atom stereocenters. The Morgan fingerprint density at radius 1 is 0.850 bits per heavy atom. The molecule has 0 radical (unpaired) electrons. The van der Waals surface area contributed by atoms with Crippen molar-refractivity contribution < 1.29 is 0 Å². The maximum Gasteiger partial charge on any atom is 0.0110 e. The summed E-state index contributed by atoms with van der Waals surface area (Å²) < 4.78 is 0. The molecule has 0 heterocycles. The van der Waals surface area contributed by atoms with Crippen molar-refractivity contribution in [2.24, 2.45) is 5.92 Å². The van der Waals surface area contributed by atoms with Gasteiger partial charge in [0.25, 0.3) is 0 Å². The van der Waals surface area contributed by atoms with E-state index >= 15 is 0 Å². The van der Waals surface area contributed by atoms with Crippen LogP contribution in [0.5, 0.6) is 0 Å². The summed E-state index contributed by atoms with van der Waals surface area (Å²) in [5.74, 6) is 0.756. The molecule has 0 aromatic carbocycles. The van der Waals surface area contributed by atoms with Crippen molar-refractivity contribution in [2.75, 3.05) is 45.8 Å². The Labute approximate surface area is 128 Å². The molecule has 0 bridgehead atoms. The minimum absolute atomic E-state index is 0.752. The van der Waals surface area contributed by atoms with Gasteiger partial charge in [-0.2, -0.15) is 0 Å². The van der Waals surface area contributed by atoms with Crippen molar-refractivity contribution in [1.29, 1.82) is 0 Å². The predicted octanol–water partition coefficient (Wildman–Crippen LogP) is 3.06. The molecule has 1 N–H and O–H groups in total. The van der Waals surface area contributed by atoms with Crippen LogP contribution in [0.4, 0.5) is 0 Å². The molecule has 0 rings (SSSR count). The summed E-state index contributed by atoms with van der Waals surface area (Å²) in [7, 11) is 0. The molecule has 0 amide bonds. The highest BCUT2D eigenvalue weighted by Gasteiger charge is 2.15. The average molecular weight is 286 g/mol. The quantitative estimate of drug-likeness (QED) is 0.525. The maximum absolute atomic E-state index is 3.61. The third-order valence-corrected chi connectivity index (χ3v) is 4.13. The number of hydrogen-bond donors (Lipinski definition) is 1. The second-order valence-electron chi connectivity index (χ2n) is 6.14. The van der Waals surface area contributed by atoms with E-state index in [2.05, 4.69) is 56.7 Å². The van der Waals surface area contributed by atoms with Gasteiger partial charge in [-0.25, -0.2) is 0 Å². The van der Waals surface area contributed by atoms with E-state index in [1.54, 1.807) is 0 Å². The molecule has 0 aromatic heterocycles. The second-order valence-corrected chi connectivity index (χ2v) is 6.14. The van der Waals surface area contributed by atoms with Crippen LogP contribution in [0.2, 0.25) is 0 Å². The summed E-state index contributed by atoms with van der Waals surface area (Å²) in [6, 6.07) is 0.752. The molecular formula is C17H39N3. The molecule has 20 heavy (non-hydrogen) atoms. The smallest absolute Gasteiger partial charge is 0.0110 e. The lowest BCUT2D eigenvalue weighted by molar-refractivity contribution is 0.166. The number of nitrogens with zero attached hydrogens (tertiary/aromatic N) is 2. The lowest BCUT2D eigenvalue weighted by Crippen LogP contribution is -2.42. The van der Waals surface area contributed by atoms with Gasteiger partial charge in [0, 0.05) is 38.8 Å². The molecule has 0 saturated heterocycles. The molecule has 3 heteroatoms. The maximum atomic E-state index is 3.61. The van der Waals surface area contributed by atoms with E-state index in [1.807, 2.05) is 0 Å². The van der Waals surface area contributed by atoms with Crippen molar-refractivity contribution in [3.63, 3.8) is 0 Å². The van der Waals surface area contributed by atoms with E-state index in [0.717, 1.165) is 38.1 Å². The SMILES string of the molecule is CCC(CC)N(CCNCCN(CC)CC)CC(C)C. The van der Waals surface area contributed by atoms with Crippen LogP contribution in [0.15, 0.2) is 0 Å². The van der Waals surface area contributed by atoms with Gasteiger partial charge in [0.15, 0.2) is 0 Å². The van der Waals surface area contributed by atoms with E-state index in [9.17, 15) is 0 Å². The zero-order valence-corrected chi connectivity index (χ0v) is 14.9. The van der Waals surface area contributed by atoms with Crippen LogP contribution in [-0.4, -0.2) is 61.7 Å². The fourth-order valence-corrected chi connectivity index (χ4v) is 2.82. The van der Waals surface area contributed by atoms with E-state index in [1.165, 1.54) is 32.5 Å². The van der Waals surface area contributed by atoms with Gasteiger partial charge in [-0.15, -0.1) is 0 Å². The molecular weight excluding hydrogens is 246 g/mol. The Kier molecular flexibility index (Phi) is 12.5. The minimum atomic E-state index is 0.752. The summed E-state index contributed by atoms with van der Waals surface area (Å²) in [5.41, 5.74) is 0. The minimum Gasteiger partial charge on any atom is -0.314 e. The summed E-state index contributed by atoms with van der Waals surface area (Å²) >= 11 is 0. The lowest BCUT2D eigenvalue weighted by atomic mass is 10.1. The van der Waals surface area contributed by atoms with Gasteiger partial charge < -0.3 is 10.2 Å². The Morgan fingerprint density at radius 3 is 1.85 bits per heavy atom. The van der Waals surface area contributed by atoms with Crippen LogP contribution < -0.4 is 5.32 Å². The fraction of sp³-hybridized carbons (Fsp3) is 1.00. The fourth-order valence-electron chi connectivity index (χ4n) is 2.82. The van der Waals surface area contributed by atoms with Crippen molar-refractivity contribution in [3.8, 4) is 0 Å². The van der Waals surface area contributed by atoms with Crippen LogP contribution in [0.25, 0.3) is 0 Å². The predicted molar refractivity (Wildman–Crippen MR) is 91.4 cm³/mol. The molecule has 0 fully saturated rings. The molecule has 0 aliphatic carbocycles. The van der Waals surface area contributed by atoms with Crippen LogP contribution in [0.3, 0.4) is 0 Å².